The molecule has 1 fully saturated rings. The number of hydrogen-bond acceptors (Lipinski definition) is 3. The van der Waals surface area contributed by atoms with Crippen LogP contribution in [0, 0.1) is 0 Å². The third-order valence-corrected chi connectivity index (χ3v) is 2.84. The highest BCUT2D eigenvalue weighted by Gasteiger charge is 2.45. The molecule has 1 heterocycles. The van der Waals surface area contributed by atoms with E-state index in [1.165, 1.54) is 12.1 Å². The maximum absolute atomic E-state index is 12.4. The molecule has 0 saturated carbocycles. The van der Waals surface area contributed by atoms with Crippen molar-refractivity contribution in [1.82, 2.24) is 5.32 Å². The number of hydrogen-bond donors (Lipinski definition) is 1. The lowest BCUT2D eigenvalue weighted by atomic mass is 10.1. The number of benzene rings is 1. The minimum absolute atomic E-state index is 0.271. The molecule has 0 bridgehead atoms. The standard InChI is InChI=1S/C14H16F3NO2/c1-13(2,3)20-12(19)11-10(18-11)8-4-6-9(7-5-8)14(15,16)17/h4-7,10-11,18H,1-3H3. The summed E-state index contributed by atoms with van der Waals surface area (Å²) < 4.78 is 42.5. The summed E-state index contributed by atoms with van der Waals surface area (Å²) in [5.74, 6) is -0.387. The van der Waals surface area contributed by atoms with E-state index in [1.807, 2.05) is 0 Å². The Bertz CT molecular complexity index is 503. The summed E-state index contributed by atoms with van der Waals surface area (Å²) in [5, 5.41) is 2.91. The van der Waals surface area contributed by atoms with Gasteiger partial charge in [-0.2, -0.15) is 13.2 Å². The van der Waals surface area contributed by atoms with Gasteiger partial charge in [0.25, 0.3) is 0 Å². The first-order valence-corrected chi connectivity index (χ1v) is 6.24. The van der Waals surface area contributed by atoms with Crippen LogP contribution in [0.15, 0.2) is 24.3 Å². The number of ether oxygens (including phenoxy) is 1. The molecule has 0 aliphatic carbocycles. The Morgan fingerprint density at radius 2 is 1.70 bits per heavy atom. The molecule has 0 spiro atoms. The average molecular weight is 287 g/mol. The van der Waals surface area contributed by atoms with Gasteiger partial charge in [0.1, 0.15) is 11.6 Å². The number of esters is 1. The lowest BCUT2D eigenvalue weighted by Gasteiger charge is -2.19. The molecule has 1 saturated heterocycles. The van der Waals surface area contributed by atoms with E-state index in [0.29, 0.717) is 5.56 Å². The van der Waals surface area contributed by atoms with Crippen LogP contribution in [-0.2, 0) is 15.7 Å². The molecular weight excluding hydrogens is 271 g/mol. The highest BCUT2D eigenvalue weighted by atomic mass is 19.4. The van der Waals surface area contributed by atoms with Gasteiger partial charge < -0.3 is 4.74 Å². The van der Waals surface area contributed by atoms with Crippen molar-refractivity contribution in [2.75, 3.05) is 0 Å². The monoisotopic (exact) mass is 287 g/mol. The van der Waals surface area contributed by atoms with Gasteiger partial charge in [0.15, 0.2) is 0 Å². The third-order valence-electron chi connectivity index (χ3n) is 2.84. The largest absolute Gasteiger partial charge is 0.459 e. The normalized spacial score (nSPS) is 22.5. The second-order valence-electron chi connectivity index (χ2n) is 5.78. The van der Waals surface area contributed by atoms with Gasteiger partial charge in [-0.25, -0.2) is 0 Å². The van der Waals surface area contributed by atoms with E-state index in [-0.39, 0.29) is 12.0 Å². The molecular formula is C14H16F3NO2. The van der Waals surface area contributed by atoms with Gasteiger partial charge in [-0.05, 0) is 38.5 Å². The van der Waals surface area contributed by atoms with Crippen LogP contribution in [0.4, 0.5) is 13.2 Å². The lowest BCUT2D eigenvalue weighted by molar-refractivity contribution is -0.154. The van der Waals surface area contributed by atoms with Crippen LogP contribution in [-0.4, -0.2) is 17.6 Å². The Morgan fingerprint density at radius 1 is 1.15 bits per heavy atom. The fraction of sp³-hybridized carbons (Fsp3) is 0.500. The predicted octanol–water partition coefficient (Wildman–Crippen LogP) is 3.06. The lowest BCUT2D eigenvalue weighted by Crippen LogP contribution is -2.27. The minimum Gasteiger partial charge on any atom is -0.459 e. The number of halogens is 3. The molecule has 3 nitrogen and oxygen atoms in total. The summed E-state index contributed by atoms with van der Waals surface area (Å²) in [6, 6.07) is 4.04. The van der Waals surface area contributed by atoms with Crippen LogP contribution in [0.3, 0.4) is 0 Å². The van der Waals surface area contributed by atoms with Crippen molar-refractivity contribution in [3.8, 4) is 0 Å². The van der Waals surface area contributed by atoms with Crippen LogP contribution in [0.2, 0.25) is 0 Å². The summed E-state index contributed by atoms with van der Waals surface area (Å²) in [6.45, 7) is 5.29. The molecule has 2 atom stereocenters. The van der Waals surface area contributed by atoms with Gasteiger partial charge >= 0.3 is 12.1 Å². The smallest absolute Gasteiger partial charge is 0.416 e. The van der Waals surface area contributed by atoms with E-state index in [9.17, 15) is 18.0 Å². The Morgan fingerprint density at radius 3 is 2.15 bits per heavy atom. The first-order chi connectivity index (χ1) is 9.08. The molecule has 110 valence electrons. The maximum Gasteiger partial charge on any atom is 0.416 e. The number of nitrogens with one attached hydrogen (secondary N) is 1. The second kappa shape index (κ2) is 4.77. The summed E-state index contributed by atoms with van der Waals surface area (Å²) >= 11 is 0. The molecule has 1 aromatic carbocycles. The molecule has 1 aliphatic heterocycles. The zero-order chi connectivity index (χ0) is 15.1. The Kier molecular flexibility index (Phi) is 3.54. The fourth-order valence-corrected chi connectivity index (χ4v) is 1.88. The summed E-state index contributed by atoms with van der Waals surface area (Å²) in [4.78, 5) is 11.8. The molecule has 2 rings (SSSR count). The van der Waals surface area contributed by atoms with E-state index in [1.54, 1.807) is 20.8 Å². The topological polar surface area (TPSA) is 48.2 Å². The van der Waals surface area contributed by atoms with Crippen molar-refractivity contribution in [3.05, 3.63) is 35.4 Å². The van der Waals surface area contributed by atoms with Crippen LogP contribution in [0.5, 0.6) is 0 Å². The quantitative estimate of drug-likeness (QED) is 0.672. The van der Waals surface area contributed by atoms with E-state index >= 15 is 0 Å². The number of carbonyl (C=O) groups excluding carboxylic acids is 1. The molecule has 0 amide bonds. The molecule has 6 heteroatoms. The van der Waals surface area contributed by atoms with Crippen molar-refractivity contribution in [3.63, 3.8) is 0 Å². The van der Waals surface area contributed by atoms with Crippen molar-refractivity contribution < 1.29 is 22.7 Å². The first-order valence-electron chi connectivity index (χ1n) is 6.24. The SMILES string of the molecule is CC(C)(C)OC(=O)C1NC1c1ccc(C(F)(F)F)cc1. The van der Waals surface area contributed by atoms with Crippen molar-refractivity contribution in [2.45, 2.75) is 44.6 Å². The highest BCUT2D eigenvalue weighted by Crippen LogP contribution is 2.34. The van der Waals surface area contributed by atoms with Crippen LogP contribution in [0.1, 0.15) is 37.9 Å². The third kappa shape index (κ3) is 3.50. The summed E-state index contributed by atoms with van der Waals surface area (Å²) in [5.41, 5.74) is -0.629. The van der Waals surface area contributed by atoms with Gasteiger partial charge in [0.2, 0.25) is 0 Å². The van der Waals surface area contributed by atoms with Crippen molar-refractivity contribution in [2.24, 2.45) is 0 Å². The zero-order valence-corrected chi connectivity index (χ0v) is 11.4. The highest BCUT2D eigenvalue weighted by molar-refractivity contribution is 5.81. The van der Waals surface area contributed by atoms with Crippen molar-refractivity contribution in [1.29, 1.82) is 0 Å². The van der Waals surface area contributed by atoms with Gasteiger partial charge in [-0.15, -0.1) is 0 Å². The summed E-state index contributed by atoms with van der Waals surface area (Å²) in [6.07, 6.45) is -4.35. The molecule has 1 aromatic rings. The molecule has 20 heavy (non-hydrogen) atoms. The maximum atomic E-state index is 12.4. The molecule has 1 N–H and O–H groups in total. The van der Waals surface area contributed by atoms with E-state index < -0.39 is 23.4 Å². The van der Waals surface area contributed by atoms with Gasteiger partial charge in [0.05, 0.1) is 11.6 Å². The first kappa shape index (κ1) is 14.8. The Labute approximate surface area is 115 Å². The Hall–Kier alpha value is -1.56. The molecule has 0 aromatic heterocycles. The number of carbonyl (C=O) groups is 1. The van der Waals surface area contributed by atoms with Crippen LogP contribution >= 0.6 is 0 Å². The van der Waals surface area contributed by atoms with Gasteiger partial charge in [-0.1, -0.05) is 12.1 Å². The second-order valence-corrected chi connectivity index (χ2v) is 5.78. The minimum atomic E-state index is -4.35. The predicted molar refractivity (Wildman–Crippen MR) is 67.0 cm³/mol. The van der Waals surface area contributed by atoms with E-state index in [2.05, 4.69) is 5.32 Å². The number of alkyl halides is 3. The Balaban J connectivity index is 2.00. The average Bonchev–Trinajstić information content (AvgIpc) is 3.05. The number of rotatable bonds is 2. The van der Waals surface area contributed by atoms with E-state index in [0.717, 1.165) is 12.1 Å². The van der Waals surface area contributed by atoms with Crippen LogP contribution in [0.25, 0.3) is 0 Å². The molecule has 1 aliphatic rings. The molecule has 0 radical (unpaired) electrons. The summed E-state index contributed by atoms with van der Waals surface area (Å²) in [7, 11) is 0. The van der Waals surface area contributed by atoms with E-state index in [4.69, 9.17) is 4.74 Å². The van der Waals surface area contributed by atoms with Crippen molar-refractivity contribution >= 4 is 5.97 Å². The van der Waals surface area contributed by atoms with Crippen LogP contribution < -0.4 is 5.32 Å². The zero-order valence-electron chi connectivity index (χ0n) is 11.4. The fourth-order valence-electron chi connectivity index (χ4n) is 1.88. The molecule has 2 unspecified atom stereocenters. The van der Waals surface area contributed by atoms with Gasteiger partial charge in [0, 0.05) is 0 Å². The van der Waals surface area contributed by atoms with Gasteiger partial charge in [-0.3, -0.25) is 10.1 Å².